The van der Waals surface area contributed by atoms with Gasteiger partial charge in [0, 0.05) is 6.42 Å². The monoisotopic (exact) mass is 201 g/mol. The summed E-state index contributed by atoms with van der Waals surface area (Å²) in [5, 5.41) is 14.7. The van der Waals surface area contributed by atoms with E-state index in [1.54, 1.807) is 7.05 Å². The summed E-state index contributed by atoms with van der Waals surface area (Å²) in [6, 6.07) is -0.643. The fourth-order valence-electron chi connectivity index (χ4n) is 1.04. The average Bonchev–Trinajstić information content (AvgIpc) is 2.52. The summed E-state index contributed by atoms with van der Waals surface area (Å²) in [7, 11) is 1.56. The molecule has 0 radical (unpaired) electrons. The zero-order chi connectivity index (χ0) is 10.6. The van der Waals surface area contributed by atoms with Crippen LogP contribution in [0.25, 0.3) is 0 Å². The number of hydrogen-bond donors (Lipinski definition) is 3. The van der Waals surface area contributed by atoms with Crippen LogP contribution in [-0.2, 0) is 11.2 Å². The number of carboxylic acids is 1. The number of rotatable bonds is 5. The SMILES string of the molecule is CN[C@@H](CCc1noc(=O)[nH]1)C(=O)O. The molecule has 1 heterocycles. The lowest BCUT2D eigenvalue weighted by Crippen LogP contribution is -2.34. The molecule has 0 aliphatic rings. The summed E-state index contributed by atoms with van der Waals surface area (Å²) in [5.41, 5.74) is 0. The van der Waals surface area contributed by atoms with Gasteiger partial charge in [0.15, 0.2) is 5.82 Å². The maximum atomic E-state index is 10.6. The van der Waals surface area contributed by atoms with E-state index in [4.69, 9.17) is 5.11 Å². The highest BCUT2D eigenvalue weighted by Crippen LogP contribution is 1.98. The molecule has 78 valence electrons. The van der Waals surface area contributed by atoms with Crippen molar-refractivity contribution < 1.29 is 14.4 Å². The fourth-order valence-corrected chi connectivity index (χ4v) is 1.04. The van der Waals surface area contributed by atoms with Crippen LogP contribution in [0.1, 0.15) is 12.2 Å². The molecule has 0 saturated heterocycles. The largest absolute Gasteiger partial charge is 0.480 e. The van der Waals surface area contributed by atoms with Gasteiger partial charge in [0.05, 0.1) is 0 Å². The molecule has 1 aromatic heterocycles. The number of nitrogens with zero attached hydrogens (tertiary/aromatic N) is 1. The second-order valence-electron chi connectivity index (χ2n) is 2.76. The second-order valence-corrected chi connectivity index (χ2v) is 2.76. The highest BCUT2D eigenvalue weighted by atomic mass is 16.5. The predicted molar refractivity (Wildman–Crippen MR) is 45.9 cm³/mol. The minimum atomic E-state index is -0.932. The molecule has 14 heavy (non-hydrogen) atoms. The van der Waals surface area contributed by atoms with Crippen molar-refractivity contribution in [3.8, 4) is 0 Å². The average molecular weight is 201 g/mol. The molecule has 0 aromatic carbocycles. The van der Waals surface area contributed by atoms with Gasteiger partial charge in [-0.25, -0.2) is 4.79 Å². The topological polar surface area (TPSA) is 108 Å². The Hall–Kier alpha value is -1.63. The van der Waals surface area contributed by atoms with E-state index in [1.165, 1.54) is 0 Å². The maximum Gasteiger partial charge on any atom is 0.438 e. The Morgan fingerprint density at radius 2 is 2.50 bits per heavy atom. The fraction of sp³-hybridized carbons (Fsp3) is 0.571. The zero-order valence-corrected chi connectivity index (χ0v) is 7.61. The van der Waals surface area contributed by atoms with Gasteiger partial charge in [0.25, 0.3) is 0 Å². The summed E-state index contributed by atoms with van der Waals surface area (Å²) in [4.78, 5) is 23.4. The minimum absolute atomic E-state index is 0.342. The Kier molecular flexibility index (Phi) is 3.41. The molecular weight excluding hydrogens is 190 g/mol. The molecule has 0 aliphatic heterocycles. The summed E-state index contributed by atoms with van der Waals surface area (Å²) >= 11 is 0. The second kappa shape index (κ2) is 4.56. The molecular formula is C7H11N3O4. The van der Waals surface area contributed by atoms with Crippen molar-refractivity contribution in [2.24, 2.45) is 0 Å². The third kappa shape index (κ3) is 2.70. The summed E-state index contributed by atoms with van der Waals surface area (Å²) in [5.74, 6) is -1.20. The van der Waals surface area contributed by atoms with Crippen molar-refractivity contribution in [2.75, 3.05) is 7.05 Å². The number of aromatic nitrogens is 2. The highest BCUT2D eigenvalue weighted by Gasteiger charge is 2.15. The molecule has 0 aliphatic carbocycles. The number of aryl methyl sites for hydroxylation is 1. The van der Waals surface area contributed by atoms with Crippen LogP contribution < -0.4 is 11.1 Å². The van der Waals surface area contributed by atoms with Gasteiger partial charge in [-0.05, 0) is 13.5 Å². The Bertz CT molecular complexity index is 356. The van der Waals surface area contributed by atoms with Crippen LogP contribution in [0.2, 0.25) is 0 Å². The lowest BCUT2D eigenvalue weighted by atomic mass is 10.1. The standard InChI is InChI=1S/C7H11N3O4/c1-8-4(6(11)12)2-3-5-9-7(13)14-10-5/h4,8H,2-3H2,1H3,(H,11,12)(H,9,10,13)/t4-/m0/s1. The van der Waals surface area contributed by atoms with E-state index in [-0.39, 0.29) is 0 Å². The molecule has 3 N–H and O–H groups in total. The minimum Gasteiger partial charge on any atom is -0.480 e. The normalized spacial score (nSPS) is 12.6. The van der Waals surface area contributed by atoms with Crippen molar-refractivity contribution in [3.63, 3.8) is 0 Å². The third-order valence-electron chi connectivity index (χ3n) is 1.80. The first-order valence-corrected chi connectivity index (χ1v) is 4.08. The van der Waals surface area contributed by atoms with E-state index >= 15 is 0 Å². The van der Waals surface area contributed by atoms with Crippen LogP contribution in [0.5, 0.6) is 0 Å². The van der Waals surface area contributed by atoms with E-state index in [0.29, 0.717) is 18.7 Å². The summed E-state index contributed by atoms with van der Waals surface area (Å²) in [6.45, 7) is 0. The van der Waals surface area contributed by atoms with Gasteiger partial charge in [0.2, 0.25) is 0 Å². The molecule has 7 heteroatoms. The van der Waals surface area contributed by atoms with E-state index in [9.17, 15) is 9.59 Å². The number of aromatic amines is 1. The van der Waals surface area contributed by atoms with E-state index in [0.717, 1.165) is 0 Å². The molecule has 7 nitrogen and oxygen atoms in total. The van der Waals surface area contributed by atoms with Crippen LogP contribution in [0.3, 0.4) is 0 Å². The van der Waals surface area contributed by atoms with E-state index in [1.807, 2.05) is 0 Å². The first-order chi connectivity index (χ1) is 6.63. The number of aliphatic carboxylic acids is 1. The van der Waals surface area contributed by atoms with Gasteiger partial charge < -0.3 is 10.4 Å². The van der Waals surface area contributed by atoms with Crippen LogP contribution in [0, 0.1) is 0 Å². The Morgan fingerprint density at radius 1 is 1.79 bits per heavy atom. The first-order valence-electron chi connectivity index (χ1n) is 4.08. The van der Waals surface area contributed by atoms with Gasteiger partial charge in [-0.1, -0.05) is 5.16 Å². The summed E-state index contributed by atoms with van der Waals surface area (Å²) < 4.78 is 4.26. The molecule has 1 atom stereocenters. The number of carboxylic acid groups (broad SMARTS) is 1. The molecule has 0 unspecified atom stereocenters. The molecule has 0 spiro atoms. The van der Waals surface area contributed by atoms with Crippen LogP contribution in [-0.4, -0.2) is 34.3 Å². The van der Waals surface area contributed by atoms with Crippen molar-refractivity contribution in [1.82, 2.24) is 15.5 Å². The lowest BCUT2D eigenvalue weighted by Gasteiger charge is -2.08. The Morgan fingerprint density at radius 3 is 2.93 bits per heavy atom. The van der Waals surface area contributed by atoms with Crippen molar-refractivity contribution in [2.45, 2.75) is 18.9 Å². The highest BCUT2D eigenvalue weighted by molar-refractivity contribution is 5.73. The Labute approximate surface area is 79.1 Å². The van der Waals surface area contributed by atoms with Crippen molar-refractivity contribution >= 4 is 5.97 Å². The van der Waals surface area contributed by atoms with Crippen LogP contribution in [0.4, 0.5) is 0 Å². The van der Waals surface area contributed by atoms with E-state index in [2.05, 4.69) is 20.0 Å². The third-order valence-corrected chi connectivity index (χ3v) is 1.80. The van der Waals surface area contributed by atoms with Crippen LogP contribution >= 0.6 is 0 Å². The summed E-state index contributed by atoms with van der Waals surface area (Å²) in [6.07, 6.45) is 0.692. The first kappa shape index (κ1) is 10.5. The van der Waals surface area contributed by atoms with Crippen molar-refractivity contribution in [3.05, 3.63) is 16.4 Å². The molecule has 0 fully saturated rings. The zero-order valence-electron chi connectivity index (χ0n) is 7.61. The quantitative estimate of drug-likeness (QED) is 0.562. The van der Waals surface area contributed by atoms with Gasteiger partial charge in [-0.3, -0.25) is 14.3 Å². The molecule has 1 aromatic rings. The molecule has 0 saturated carbocycles. The number of H-pyrrole nitrogens is 1. The molecule has 1 rings (SSSR count). The number of nitrogens with one attached hydrogen (secondary N) is 2. The molecule has 0 amide bonds. The molecule has 0 bridgehead atoms. The van der Waals surface area contributed by atoms with Gasteiger partial charge in [-0.2, -0.15) is 0 Å². The van der Waals surface area contributed by atoms with Crippen LogP contribution in [0.15, 0.2) is 9.32 Å². The Balaban J connectivity index is 2.47. The maximum absolute atomic E-state index is 10.6. The predicted octanol–water partition coefficient (Wildman–Crippen LogP) is -1.03. The van der Waals surface area contributed by atoms with Gasteiger partial charge in [0.1, 0.15) is 6.04 Å². The van der Waals surface area contributed by atoms with Gasteiger partial charge in [-0.15, -0.1) is 0 Å². The van der Waals surface area contributed by atoms with E-state index < -0.39 is 17.8 Å². The smallest absolute Gasteiger partial charge is 0.438 e. The van der Waals surface area contributed by atoms with Gasteiger partial charge >= 0.3 is 11.7 Å². The van der Waals surface area contributed by atoms with Crippen molar-refractivity contribution in [1.29, 1.82) is 0 Å². The lowest BCUT2D eigenvalue weighted by molar-refractivity contribution is -0.139. The number of carbonyl (C=O) groups is 1. The number of hydrogen-bond acceptors (Lipinski definition) is 5. The number of likely N-dealkylation sites (N-methyl/N-ethyl adjacent to an activating group) is 1.